The second kappa shape index (κ2) is 6.57. The number of rotatable bonds is 4. The first kappa shape index (κ1) is 15.8. The molecule has 0 radical (unpaired) electrons. The van der Waals surface area contributed by atoms with E-state index < -0.39 is 16.2 Å². The van der Waals surface area contributed by atoms with Crippen LogP contribution in [0.3, 0.4) is 0 Å². The van der Waals surface area contributed by atoms with Crippen molar-refractivity contribution in [3.8, 4) is 5.75 Å². The van der Waals surface area contributed by atoms with Crippen LogP contribution < -0.4 is 20.1 Å². The van der Waals surface area contributed by atoms with E-state index in [0.29, 0.717) is 26.2 Å². The number of piperazine rings is 1. The summed E-state index contributed by atoms with van der Waals surface area (Å²) in [5.74, 6) is 0.916. The van der Waals surface area contributed by atoms with Crippen molar-refractivity contribution >= 4 is 17.2 Å². The normalized spacial score (nSPS) is 14.5. The number of methoxy groups -OCH3 is 1. The first-order valence-electron chi connectivity index (χ1n) is 7.46. The molecule has 0 unspecified atom stereocenters. The van der Waals surface area contributed by atoms with Crippen molar-refractivity contribution in [1.29, 1.82) is 0 Å². The van der Waals surface area contributed by atoms with Crippen LogP contribution in [0.5, 0.6) is 5.75 Å². The molecule has 1 N–H and O–H groups in total. The number of nitrogens with one attached hydrogen (secondary N) is 1. The van der Waals surface area contributed by atoms with Gasteiger partial charge in [0.25, 0.3) is 0 Å². The second-order valence-electron chi connectivity index (χ2n) is 5.33. The van der Waals surface area contributed by atoms with Gasteiger partial charge in [-0.15, -0.1) is 0 Å². The third kappa shape index (κ3) is 3.00. The molecule has 0 spiro atoms. The van der Waals surface area contributed by atoms with Gasteiger partial charge in [-0.3, -0.25) is 14.9 Å². The van der Waals surface area contributed by atoms with Gasteiger partial charge in [0.15, 0.2) is 0 Å². The Labute approximate surface area is 137 Å². The number of H-pyrrole nitrogens is 1. The summed E-state index contributed by atoms with van der Waals surface area (Å²) >= 11 is 0. The summed E-state index contributed by atoms with van der Waals surface area (Å²) in [7, 11) is 1.62. The maximum absolute atomic E-state index is 11.7. The number of anilines is 2. The SMILES string of the molecule is COc1ccc(N2CCN(c3nc[nH]c(=O)c3[N+](=O)[O-])CC2)cc1. The average molecular weight is 331 g/mol. The molecular formula is C15H17N5O4. The van der Waals surface area contributed by atoms with Crippen molar-refractivity contribution in [3.63, 3.8) is 0 Å². The topological polar surface area (TPSA) is 105 Å². The highest BCUT2D eigenvalue weighted by Gasteiger charge is 2.28. The quantitative estimate of drug-likeness (QED) is 0.658. The van der Waals surface area contributed by atoms with Gasteiger partial charge in [0.2, 0.25) is 5.82 Å². The van der Waals surface area contributed by atoms with Crippen LogP contribution in [0.2, 0.25) is 0 Å². The fraction of sp³-hybridized carbons (Fsp3) is 0.333. The molecule has 1 saturated heterocycles. The molecule has 0 aliphatic carbocycles. The van der Waals surface area contributed by atoms with Crippen molar-refractivity contribution in [2.75, 3.05) is 43.1 Å². The Bertz CT molecular complexity index is 781. The van der Waals surface area contributed by atoms with Gasteiger partial charge in [-0.25, -0.2) is 4.98 Å². The van der Waals surface area contributed by atoms with Crippen LogP contribution in [0.25, 0.3) is 0 Å². The van der Waals surface area contributed by atoms with Gasteiger partial charge < -0.3 is 19.5 Å². The maximum atomic E-state index is 11.7. The van der Waals surface area contributed by atoms with Crippen LogP contribution in [0, 0.1) is 10.1 Å². The first-order valence-corrected chi connectivity index (χ1v) is 7.46. The number of aromatic amines is 1. The molecule has 0 amide bonds. The van der Waals surface area contributed by atoms with Crippen LogP contribution in [0.4, 0.5) is 17.2 Å². The number of benzene rings is 1. The highest BCUT2D eigenvalue weighted by molar-refractivity contribution is 5.58. The molecule has 0 bridgehead atoms. The van der Waals surface area contributed by atoms with E-state index in [4.69, 9.17) is 4.74 Å². The standard InChI is InChI=1S/C15H17N5O4/c1-24-12-4-2-11(3-5-12)18-6-8-19(9-7-18)14-13(20(22)23)15(21)17-10-16-14/h2-5,10H,6-9H2,1H3,(H,16,17,21). The minimum absolute atomic E-state index is 0.123. The number of hydrogen-bond donors (Lipinski definition) is 1. The zero-order valence-corrected chi connectivity index (χ0v) is 13.1. The van der Waals surface area contributed by atoms with Gasteiger partial charge in [-0.05, 0) is 24.3 Å². The second-order valence-corrected chi connectivity index (χ2v) is 5.33. The lowest BCUT2D eigenvalue weighted by Crippen LogP contribution is -2.47. The predicted molar refractivity (Wildman–Crippen MR) is 88.9 cm³/mol. The Balaban J connectivity index is 1.74. The Morgan fingerprint density at radius 1 is 1.17 bits per heavy atom. The molecule has 2 heterocycles. The molecular weight excluding hydrogens is 314 g/mol. The Hall–Kier alpha value is -3.10. The minimum atomic E-state index is -0.734. The fourth-order valence-electron chi connectivity index (χ4n) is 2.75. The molecule has 3 rings (SSSR count). The smallest absolute Gasteiger partial charge is 0.375 e. The lowest BCUT2D eigenvalue weighted by atomic mass is 10.2. The zero-order chi connectivity index (χ0) is 17.1. The van der Waals surface area contributed by atoms with Crippen LogP contribution in [-0.2, 0) is 0 Å². The summed E-state index contributed by atoms with van der Waals surface area (Å²) in [6.07, 6.45) is 1.19. The number of aromatic nitrogens is 2. The van der Waals surface area contributed by atoms with Crippen molar-refractivity contribution < 1.29 is 9.66 Å². The van der Waals surface area contributed by atoms with E-state index in [2.05, 4.69) is 14.9 Å². The summed E-state index contributed by atoms with van der Waals surface area (Å²) in [5, 5.41) is 11.1. The summed E-state index contributed by atoms with van der Waals surface area (Å²) in [6, 6.07) is 7.74. The molecule has 0 saturated carbocycles. The van der Waals surface area contributed by atoms with Crippen molar-refractivity contribution in [2.45, 2.75) is 0 Å². The first-order chi connectivity index (χ1) is 11.6. The van der Waals surface area contributed by atoms with Gasteiger partial charge in [0.1, 0.15) is 5.75 Å². The highest BCUT2D eigenvalue weighted by Crippen LogP contribution is 2.25. The zero-order valence-electron chi connectivity index (χ0n) is 13.1. The molecule has 1 aliphatic heterocycles. The maximum Gasteiger partial charge on any atom is 0.375 e. The van der Waals surface area contributed by atoms with E-state index in [-0.39, 0.29) is 5.82 Å². The van der Waals surface area contributed by atoms with Crippen LogP contribution in [0.15, 0.2) is 35.4 Å². The van der Waals surface area contributed by atoms with E-state index in [9.17, 15) is 14.9 Å². The van der Waals surface area contributed by atoms with Gasteiger partial charge in [-0.2, -0.15) is 0 Å². The molecule has 2 aromatic rings. The Morgan fingerprint density at radius 3 is 2.38 bits per heavy atom. The molecule has 9 heteroatoms. The van der Waals surface area contributed by atoms with E-state index in [1.54, 1.807) is 12.0 Å². The predicted octanol–water partition coefficient (Wildman–Crippen LogP) is 1.01. The number of nitro groups is 1. The lowest BCUT2D eigenvalue weighted by Gasteiger charge is -2.36. The molecule has 0 atom stereocenters. The molecule has 1 aliphatic rings. The molecule has 126 valence electrons. The fourth-order valence-corrected chi connectivity index (χ4v) is 2.75. The van der Waals surface area contributed by atoms with E-state index in [1.807, 2.05) is 24.3 Å². The van der Waals surface area contributed by atoms with E-state index >= 15 is 0 Å². The van der Waals surface area contributed by atoms with Crippen molar-refractivity contribution in [2.24, 2.45) is 0 Å². The van der Waals surface area contributed by atoms with Gasteiger partial charge >= 0.3 is 11.2 Å². The summed E-state index contributed by atoms with van der Waals surface area (Å²) in [6.45, 7) is 2.45. The number of nitrogens with zero attached hydrogens (tertiary/aromatic N) is 4. The summed E-state index contributed by atoms with van der Waals surface area (Å²) in [4.78, 5) is 32.3. The van der Waals surface area contributed by atoms with Crippen LogP contribution >= 0.6 is 0 Å². The van der Waals surface area contributed by atoms with E-state index in [1.165, 1.54) is 6.33 Å². The third-order valence-electron chi connectivity index (χ3n) is 4.01. The van der Waals surface area contributed by atoms with Crippen LogP contribution in [0.1, 0.15) is 0 Å². The average Bonchev–Trinajstić information content (AvgIpc) is 2.61. The molecule has 1 fully saturated rings. The van der Waals surface area contributed by atoms with Gasteiger partial charge in [0, 0.05) is 31.9 Å². The highest BCUT2D eigenvalue weighted by atomic mass is 16.6. The Morgan fingerprint density at radius 2 is 1.79 bits per heavy atom. The molecule has 1 aromatic carbocycles. The van der Waals surface area contributed by atoms with Crippen molar-refractivity contribution in [1.82, 2.24) is 9.97 Å². The van der Waals surface area contributed by atoms with E-state index in [0.717, 1.165) is 11.4 Å². The third-order valence-corrected chi connectivity index (χ3v) is 4.01. The number of ether oxygens (including phenoxy) is 1. The lowest BCUT2D eigenvalue weighted by molar-refractivity contribution is -0.385. The monoisotopic (exact) mass is 331 g/mol. The van der Waals surface area contributed by atoms with Crippen molar-refractivity contribution in [3.05, 3.63) is 51.1 Å². The summed E-state index contributed by atoms with van der Waals surface area (Å²) in [5.41, 5.74) is -0.179. The molecule has 1 aromatic heterocycles. The molecule has 9 nitrogen and oxygen atoms in total. The Kier molecular flexibility index (Phi) is 4.32. The largest absolute Gasteiger partial charge is 0.497 e. The number of hydrogen-bond acceptors (Lipinski definition) is 7. The van der Waals surface area contributed by atoms with Gasteiger partial charge in [-0.1, -0.05) is 0 Å². The molecule has 24 heavy (non-hydrogen) atoms. The summed E-state index contributed by atoms with van der Waals surface area (Å²) < 4.78 is 5.15. The van der Waals surface area contributed by atoms with Crippen LogP contribution in [-0.4, -0.2) is 48.2 Å². The van der Waals surface area contributed by atoms with Gasteiger partial charge in [0.05, 0.1) is 18.4 Å². The minimum Gasteiger partial charge on any atom is -0.497 e.